The van der Waals surface area contributed by atoms with E-state index in [2.05, 4.69) is 66.7 Å². The van der Waals surface area contributed by atoms with E-state index < -0.39 is 0 Å². The Bertz CT molecular complexity index is 667. The van der Waals surface area contributed by atoms with Gasteiger partial charge in [-0.2, -0.15) is 51.1 Å². The molecule has 0 spiro atoms. The first-order valence-electron chi connectivity index (χ1n) is 17.2. The van der Waals surface area contributed by atoms with Crippen molar-refractivity contribution in [3.63, 3.8) is 0 Å². The van der Waals surface area contributed by atoms with Crippen molar-refractivity contribution in [1.82, 2.24) is 0 Å². The molecule has 0 saturated carbocycles. The molecule has 0 radical (unpaired) electrons. The molecular weight excluding hydrogens is 512 g/mol. The number of rotatable bonds is 21. The summed E-state index contributed by atoms with van der Waals surface area (Å²) in [4.78, 5) is 0. The van der Waals surface area contributed by atoms with Crippen LogP contribution in [0.2, 0.25) is 0 Å². The number of hydrogen-bond donors (Lipinski definition) is 0. The molecule has 2 aromatic carbocycles. The van der Waals surface area contributed by atoms with Crippen LogP contribution in [0.25, 0.3) is 0 Å². The van der Waals surface area contributed by atoms with Crippen molar-refractivity contribution in [3.8, 4) is 0 Å². The summed E-state index contributed by atoms with van der Waals surface area (Å²) in [6, 6.07) is 6.96. The Balaban J connectivity index is 0.000000869. The van der Waals surface area contributed by atoms with E-state index in [1.807, 2.05) is 0 Å². The molecule has 39 heavy (non-hydrogen) atoms. The number of unbranched alkanes of at least 4 members (excludes halogenated alkanes) is 7. The third-order valence-corrected chi connectivity index (χ3v) is 8.24. The van der Waals surface area contributed by atoms with Crippen molar-refractivity contribution >= 4 is 0 Å². The fourth-order valence-electron chi connectivity index (χ4n) is 5.81. The van der Waals surface area contributed by atoms with Crippen LogP contribution in [-0.2, 0) is 62.0 Å². The molecular formula is C38H66Fe. The molecule has 0 bridgehead atoms. The summed E-state index contributed by atoms with van der Waals surface area (Å²) in [5.74, 6) is 0. The first kappa shape index (κ1) is 38.2. The van der Waals surface area contributed by atoms with Gasteiger partial charge in [0.1, 0.15) is 0 Å². The van der Waals surface area contributed by atoms with Crippen molar-refractivity contribution in [2.75, 3.05) is 0 Å². The molecule has 0 amide bonds. The minimum atomic E-state index is 0. The van der Waals surface area contributed by atoms with Crippen LogP contribution in [-0.4, -0.2) is 0 Å². The van der Waals surface area contributed by atoms with Crippen LogP contribution in [0.3, 0.4) is 0 Å². The normalized spacial score (nSPS) is 10.8. The summed E-state index contributed by atoms with van der Waals surface area (Å²) in [5.41, 5.74) is 12.1. The molecule has 0 aliphatic heterocycles. The van der Waals surface area contributed by atoms with Crippen molar-refractivity contribution in [2.45, 2.75) is 183 Å². The van der Waals surface area contributed by atoms with Gasteiger partial charge >= 0.3 is 17.1 Å². The zero-order valence-electron chi connectivity index (χ0n) is 27.4. The van der Waals surface area contributed by atoms with Gasteiger partial charge < -0.3 is 0 Å². The molecule has 0 aliphatic carbocycles. The quantitative estimate of drug-likeness (QED) is 0.102. The second-order valence-electron chi connectivity index (χ2n) is 11.7. The Kier molecular flexibility index (Phi) is 24.5. The fourth-order valence-corrected chi connectivity index (χ4v) is 5.81. The predicted molar refractivity (Wildman–Crippen MR) is 174 cm³/mol. The maximum atomic E-state index is 2.38. The summed E-state index contributed by atoms with van der Waals surface area (Å²) < 4.78 is 0. The van der Waals surface area contributed by atoms with Gasteiger partial charge in [-0.25, -0.2) is 6.07 Å². The molecule has 0 saturated heterocycles. The van der Waals surface area contributed by atoms with E-state index in [-0.39, 0.29) is 17.1 Å². The maximum Gasteiger partial charge on any atom is 2.00 e. The Hall–Kier alpha value is -0.781. The molecule has 1 heteroatoms. The maximum absolute atomic E-state index is 2.38. The molecule has 0 N–H and O–H groups in total. The summed E-state index contributed by atoms with van der Waals surface area (Å²) in [5, 5.41) is 0. The Morgan fingerprint density at radius 1 is 0.513 bits per heavy atom. The average molecular weight is 579 g/mol. The van der Waals surface area contributed by atoms with Crippen LogP contribution < -0.4 is 0 Å². The topological polar surface area (TPSA) is 0 Å². The molecule has 0 nitrogen and oxygen atoms in total. The van der Waals surface area contributed by atoms with E-state index in [1.165, 1.54) is 146 Å². The van der Waals surface area contributed by atoms with Gasteiger partial charge in [0.25, 0.3) is 0 Å². The second kappa shape index (κ2) is 25.0. The van der Waals surface area contributed by atoms with Crippen LogP contribution in [0.5, 0.6) is 0 Å². The summed E-state index contributed by atoms with van der Waals surface area (Å²) >= 11 is 0. The zero-order chi connectivity index (χ0) is 28.0. The summed E-state index contributed by atoms with van der Waals surface area (Å²) in [7, 11) is 0. The Labute approximate surface area is 256 Å². The van der Waals surface area contributed by atoms with E-state index in [1.54, 1.807) is 27.8 Å². The van der Waals surface area contributed by atoms with Gasteiger partial charge in [0.2, 0.25) is 0 Å². The molecule has 0 aromatic heterocycles. The Morgan fingerprint density at radius 3 is 1.38 bits per heavy atom. The van der Waals surface area contributed by atoms with Crippen LogP contribution in [0.1, 0.15) is 177 Å². The largest absolute Gasteiger partial charge is 2.00 e. The van der Waals surface area contributed by atoms with Crippen molar-refractivity contribution < 1.29 is 17.1 Å². The second-order valence-corrected chi connectivity index (χ2v) is 11.7. The molecule has 226 valence electrons. The molecule has 2 rings (SSSR count). The molecule has 2 aromatic rings. The van der Waals surface area contributed by atoms with Gasteiger partial charge in [-0.05, 0) is 0 Å². The van der Waals surface area contributed by atoms with Gasteiger partial charge in [-0.15, -0.1) is 0 Å². The van der Waals surface area contributed by atoms with Gasteiger partial charge in [0.05, 0.1) is 0 Å². The van der Waals surface area contributed by atoms with Gasteiger partial charge in [-0.1, -0.05) is 183 Å². The summed E-state index contributed by atoms with van der Waals surface area (Å²) in [6.07, 6.45) is 27.9. The fraction of sp³-hybridized carbons (Fsp3) is 0.737. The molecule has 0 atom stereocenters. The minimum absolute atomic E-state index is 0. The predicted octanol–water partition coefficient (Wildman–Crippen LogP) is 12.2. The number of aryl methyl sites for hydroxylation is 2. The first-order chi connectivity index (χ1) is 18.6. The first-order valence-corrected chi connectivity index (χ1v) is 17.2. The molecule has 0 fully saturated rings. The van der Waals surface area contributed by atoms with Gasteiger partial charge in [0.15, 0.2) is 0 Å². The van der Waals surface area contributed by atoms with Gasteiger partial charge in [-0.3, -0.25) is 0 Å². The van der Waals surface area contributed by atoms with Crippen LogP contribution in [0, 0.1) is 0 Å². The standard InChI is InChI=1S/C25H45.C13H21.Fe/c1-6-11-16-21-22(17-12-7-2)24(19-14-9-4)25(20-15-10-5)23(21)18-13-8-3;1-3-5-7-12-9-10-13(11-12)8-6-4-2;/h6-20H2,1-5H3;9-11H,3-8H2,1-2H3;/q2*-1;+2. The van der Waals surface area contributed by atoms with Crippen molar-refractivity contribution in [1.29, 1.82) is 0 Å². The smallest absolute Gasteiger partial charge is 0.207 e. The molecule has 0 unspecified atom stereocenters. The van der Waals surface area contributed by atoms with E-state index in [4.69, 9.17) is 0 Å². The molecule has 0 aliphatic rings. The van der Waals surface area contributed by atoms with Crippen LogP contribution in [0.4, 0.5) is 0 Å². The molecule has 0 heterocycles. The van der Waals surface area contributed by atoms with Crippen LogP contribution >= 0.6 is 0 Å². The van der Waals surface area contributed by atoms with E-state index in [0.717, 1.165) is 0 Å². The monoisotopic (exact) mass is 578 g/mol. The van der Waals surface area contributed by atoms with Crippen molar-refractivity contribution in [2.24, 2.45) is 0 Å². The summed E-state index contributed by atoms with van der Waals surface area (Å²) in [6.45, 7) is 16.2. The zero-order valence-corrected chi connectivity index (χ0v) is 28.5. The third-order valence-electron chi connectivity index (χ3n) is 8.24. The van der Waals surface area contributed by atoms with Crippen molar-refractivity contribution in [3.05, 3.63) is 57.1 Å². The SMILES string of the molecule is CCCCc1c(CCCC)c(CCCC)[c-](CCCC)c1CCCC.CCCCc1c[cH-]c(CCCC)c1.[Fe+2]. The van der Waals surface area contributed by atoms with Gasteiger partial charge in [0, 0.05) is 0 Å². The van der Waals surface area contributed by atoms with E-state index >= 15 is 0 Å². The average Bonchev–Trinajstić information content (AvgIpc) is 3.50. The minimum Gasteiger partial charge on any atom is -0.207 e. The Morgan fingerprint density at radius 2 is 0.923 bits per heavy atom. The van der Waals surface area contributed by atoms with E-state index in [9.17, 15) is 0 Å². The van der Waals surface area contributed by atoms with Crippen LogP contribution in [0.15, 0.2) is 18.2 Å². The third kappa shape index (κ3) is 14.6. The number of hydrogen-bond acceptors (Lipinski definition) is 0. The van der Waals surface area contributed by atoms with E-state index in [0.29, 0.717) is 0 Å².